The van der Waals surface area contributed by atoms with Gasteiger partial charge >= 0.3 is 0 Å². The number of carbonyl (C=O) groups is 1. The quantitative estimate of drug-likeness (QED) is 0.870. The molecule has 0 radical (unpaired) electrons. The molecule has 6 heteroatoms. The maximum absolute atomic E-state index is 12.5. The lowest BCUT2D eigenvalue weighted by Gasteiger charge is -2.34. The van der Waals surface area contributed by atoms with Crippen LogP contribution in [0.4, 0.5) is 5.69 Å². The third-order valence-corrected chi connectivity index (χ3v) is 4.51. The third kappa shape index (κ3) is 4.58. The fourth-order valence-electron chi connectivity index (χ4n) is 3.50. The number of carbonyl (C=O) groups excluding carboxylic acids is 1. The second-order valence-electron chi connectivity index (χ2n) is 8.02. The Bertz CT molecular complexity index is 651. The molecule has 138 valence electrons. The van der Waals surface area contributed by atoms with Crippen LogP contribution in [0.15, 0.2) is 18.2 Å². The molecule has 0 spiro atoms. The highest BCUT2D eigenvalue weighted by Gasteiger charge is 2.37. The number of β-amino-alcohol motifs (C(OH)–C–C–N with tert-alkyl or cyclic N) is 1. The van der Waals surface area contributed by atoms with Crippen LogP contribution in [0.5, 0.6) is 0 Å². The fourth-order valence-corrected chi connectivity index (χ4v) is 3.50. The molecule has 3 rings (SSSR count). The Morgan fingerprint density at radius 3 is 2.84 bits per heavy atom. The normalized spacial score (nSPS) is 23.3. The van der Waals surface area contributed by atoms with E-state index in [9.17, 15) is 9.90 Å². The van der Waals surface area contributed by atoms with Gasteiger partial charge in [-0.15, -0.1) is 0 Å². The molecule has 2 aliphatic rings. The number of amides is 1. The molecule has 0 aliphatic carbocycles. The van der Waals surface area contributed by atoms with Crippen LogP contribution in [-0.2, 0) is 27.2 Å². The highest BCUT2D eigenvalue weighted by molar-refractivity contribution is 5.95. The Kier molecular flexibility index (Phi) is 4.90. The SMILES string of the molecule is CC(C)(O)CN1CCc2c(cccc2NC(=O)[C@@H]2COC(C)(C)O2)C1. The lowest BCUT2D eigenvalue weighted by Crippen LogP contribution is -2.41. The molecule has 1 amide bonds. The molecule has 1 saturated heterocycles. The van der Waals surface area contributed by atoms with Gasteiger partial charge in [-0.25, -0.2) is 0 Å². The monoisotopic (exact) mass is 348 g/mol. The summed E-state index contributed by atoms with van der Waals surface area (Å²) in [6, 6.07) is 5.97. The minimum absolute atomic E-state index is 0.169. The number of aliphatic hydroxyl groups is 1. The van der Waals surface area contributed by atoms with Crippen molar-refractivity contribution in [3.63, 3.8) is 0 Å². The van der Waals surface area contributed by atoms with Crippen LogP contribution in [0.25, 0.3) is 0 Å². The fraction of sp³-hybridized carbons (Fsp3) is 0.632. The molecule has 0 unspecified atom stereocenters. The Balaban J connectivity index is 1.69. The van der Waals surface area contributed by atoms with E-state index < -0.39 is 17.5 Å². The summed E-state index contributed by atoms with van der Waals surface area (Å²) in [5, 5.41) is 13.0. The van der Waals surface area contributed by atoms with Crippen molar-refractivity contribution in [1.82, 2.24) is 4.90 Å². The van der Waals surface area contributed by atoms with E-state index in [2.05, 4.69) is 16.3 Å². The van der Waals surface area contributed by atoms with Crippen LogP contribution < -0.4 is 5.32 Å². The maximum atomic E-state index is 12.5. The topological polar surface area (TPSA) is 71.0 Å². The van der Waals surface area contributed by atoms with Gasteiger partial charge in [-0.05, 0) is 51.3 Å². The van der Waals surface area contributed by atoms with Gasteiger partial charge in [0.25, 0.3) is 5.91 Å². The van der Waals surface area contributed by atoms with E-state index in [1.807, 2.05) is 39.8 Å². The van der Waals surface area contributed by atoms with Gasteiger partial charge < -0.3 is 19.9 Å². The number of hydrogen-bond donors (Lipinski definition) is 2. The number of benzene rings is 1. The summed E-state index contributed by atoms with van der Waals surface area (Å²) in [6.07, 6.45) is 0.260. The Labute approximate surface area is 149 Å². The number of hydrogen-bond acceptors (Lipinski definition) is 5. The summed E-state index contributed by atoms with van der Waals surface area (Å²) in [6.45, 7) is 9.80. The molecule has 0 bridgehead atoms. The second kappa shape index (κ2) is 6.68. The van der Waals surface area contributed by atoms with Crippen LogP contribution in [-0.4, -0.2) is 53.1 Å². The molecule has 1 aromatic rings. The highest BCUT2D eigenvalue weighted by atomic mass is 16.7. The first-order valence-corrected chi connectivity index (χ1v) is 8.81. The number of rotatable bonds is 4. The molecule has 2 heterocycles. The Morgan fingerprint density at radius 1 is 1.44 bits per heavy atom. The van der Waals surface area contributed by atoms with Gasteiger partial charge in [0, 0.05) is 25.3 Å². The van der Waals surface area contributed by atoms with Gasteiger partial charge in [0.1, 0.15) is 0 Å². The van der Waals surface area contributed by atoms with Crippen molar-refractivity contribution in [2.45, 2.75) is 58.2 Å². The van der Waals surface area contributed by atoms with E-state index in [1.54, 1.807) is 0 Å². The number of nitrogens with zero attached hydrogens (tertiary/aromatic N) is 1. The van der Waals surface area contributed by atoms with Crippen molar-refractivity contribution in [2.24, 2.45) is 0 Å². The molecule has 25 heavy (non-hydrogen) atoms. The summed E-state index contributed by atoms with van der Waals surface area (Å²) < 4.78 is 11.1. The lowest BCUT2D eigenvalue weighted by atomic mass is 9.96. The van der Waals surface area contributed by atoms with E-state index >= 15 is 0 Å². The van der Waals surface area contributed by atoms with Crippen molar-refractivity contribution in [2.75, 3.05) is 25.0 Å². The van der Waals surface area contributed by atoms with Gasteiger partial charge in [0.15, 0.2) is 11.9 Å². The summed E-state index contributed by atoms with van der Waals surface area (Å²) >= 11 is 0. The van der Waals surface area contributed by atoms with Gasteiger partial charge in [-0.2, -0.15) is 0 Å². The second-order valence-corrected chi connectivity index (χ2v) is 8.02. The average Bonchev–Trinajstić information content (AvgIpc) is 2.86. The number of ether oxygens (including phenoxy) is 2. The molecular weight excluding hydrogens is 320 g/mol. The van der Waals surface area contributed by atoms with Gasteiger partial charge in [0.2, 0.25) is 0 Å². The molecule has 2 N–H and O–H groups in total. The van der Waals surface area contributed by atoms with Crippen LogP contribution in [0.3, 0.4) is 0 Å². The first-order chi connectivity index (χ1) is 11.6. The van der Waals surface area contributed by atoms with E-state index in [-0.39, 0.29) is 12.5 Å². The lowest BCUT2D eigenvalue weighted by molar-refractivity contribution is -0.150. The van der Waals surface area contributed by atoms with Crippen molar-refractivity contribution in [3.05, 3.63) is 29.3 Å². The Morgan fingerprint density at radius 2 is 2.20 bits per heavy atom. The molecule has 1 fully saturated rings. The maximum Gasteiger partial charge on any atom is 0.256 e. The van der Waals surface area contributed by atoms with Crippen LogP contribution in [0.1, 0.15) is 38.8 Å². The van der Waals surface area contributed by atoms with E-state index in [4.69, 9.17) is 9.47 Å². The van der Waals surface area contributed by atoms with Crippen LogP contribution in [0.2, 0.25) is 0 Å². The van der Waals surface area contributed by atoms with Crippen molar-refractivity contribution in [1.29, 1.82) is 0 Å². The minimum Gasteiger partial charge on any atom is -0.389 e. The first kappa shape index (κ1) is 18.3. The Hall–Kier alpha value is -1.47. The molecule has 0 saturated carbocycles. The zero-order valence-electron chi connectivity index (χ0n) is 15.5. The number of fused-ring (bicyclic) bond motifs is 1. The summed E-state index contributed by atoms with van der Waals surface area (Å²) in [5.41, 5.74) is 2.49. The molecule has 0 aromatic heterocycles. The molecule has 6 nitrogen and oxygen atoms in total. The molecular formula is C19H28N2O4. The zero-order chi connectivity index (χ0) is 18.2. The van der Waals surface area contributed by atoms with Crippen molar-refractivity contribution < 1.29 is 19.4 Å². The average molecular weight is 348 g/mol. The molecule has 2 aliphatic heterocycles. The zero-order valence-corrected chi connectivity index (χ0v) is 15.5. The largest absolute Gasteiger partial charge is 0.389 e. The predicted octanol–water partition coefficient (Wildman–Crippen LogP) is 1.91. The predicted molar refractivity (Wildman–Crippen MR) is 95.3 cm³/mol. The van der Waals surface area contributed by atoms with E-state index in [1.165, 1.54) is 11.1 Å². The summed E-state index contributed by atoms with van der Waals surface area (Å²) in [7, 11) is 0. The van der Waals surface area contributed by atoms with Crippen molar-refractivity contribution >= 4 is 11.6 Å². The van der Waals surface area contributed by atoms with E-state index in [0.29, 0.717) is 6.54 Å². The van der Waals surface area contributed by atoms with Crippen LogP contribution >= 0.6 is 0 Å². The van der Waals surface area contributed by atoms with Crippen molar-refractivity contribution in [3.8, 4) is 0 Å². The highest BCUT2D eigenvalue weighted by Crippen LogP contribution is 2.28. The number of anilines is 1. The summed E-state index contributed by atoms with van der Waals surface area (Å²) in [5.74, 6) is -0.881. The van der Waals surface area contributed by atoms with Gasteiger partial charge in [-0.1, -0.05) is 12.1 Å². The van der Waals surface area contributed by atoms with Gasteiger partial charge in [-0.3, -0.25) is 9.69 Å². The molecule has 1 aromatic carbocycles. The number of nitrogens with one attached hydrogen (secondary N) is 1. The first-order valence-electron chi connectivity index (χ1n) is 8.81. The third-order valence-electron chi connectivity index (χ3n) is 4.51. The minimum atomic E-state index is -0.713. The molecule has 1 atom stereocenters. The smallest absolute Gasteiger partial charge is 0.256 e. The van der Waals surface area contributed by atoms with Gasteiger partial charge in [0.05, 0.1) is 12.2 Å². The van der Waals surface area contributed by atoms with Crippen LogP contribution in [0, 0.1) is 0 Å². The van der Waals surface area contributed by atoms with E-state index in [0.717, 1.165) is 25.2 Å². The summed E-state index contributed by atoms with van der Waals surface area (Å²) in [4.78, 5) is 14.7. The standard InChI is InChI=1S/C19H28N2O4/c1-18(2,23)12-21-9-8-14-13(10-21)6-5-7-15(14)20-17(22)16-11-24-19(3,4)25-16/h5-7,16,23H,8-12H2,1-4H3,(H,20,22)/t16-/m0/s1.